The molecule has 0 amide bonds. The van der Waals surface area contributed by atoms with Crippen molar-refractivity contribution in [1.29, 1.82) is 0 Å². The van der Waals surface area contributed by atoms with Crippen LogP contribution < -0.4 is 0 Å². The highest BCUT2D eigenvalue weighted by Crippen LogP contribution is 2.30. The van der Waals surface area contributed by atoms with Gasteiger partial charge in [0.2, 0.25) is 5.89 Å². The van der Waals surface area contributed by atoms with E-state index in [0.29, 0.717) is 16.5 Å². The molecular formula is C12H6ClIN2O. The maximum absolute atomic E-state index is 6.14. The number of pyridine rings is 1. The molecule has 0 aliphatic heterocycles. The van der Waals surface area contributed by atoms with Crippen molar-refractivity contribution in [1.82, 2.24) is 9.97 Å². The fourth-order valence-corrected chi connectivity index (χ4v) is 2.25. The van der Waals surface area contributed by atoms with Crippen LogP contribution in [0.1, 0.15) is 0 Å². The predicted molar refractivity (Wildman–Crippen MR) is 75.0 cm³/mol. The molecule has 0 N–H and O–H groups in total. The van der Waals surface area contributed by atoms with E-state index >= 15 is 0 Å². The lowest BCUT2D eigenvalue weighted by Crippen LogP contribution is -1.81. The highest BCUT2D eigenvalue weighted by Gasteiger charge is 2.11. The van der Waals surface area contributed by atoms with E-state index in [1.807, 2.05) is 18.2 Å². The Kier molecular flexibility index (Phi) is 2.76. The number of oxazole rings is 1. The number of hydrogen-bond donors (Lipinski definition) is 0. The first-order valence-electron chi connectivity index (χ1n) is 4.90. The first-order valence-corrected chi connectivity index (χ1v) is 6.36. The molecule has 2 heterocycles. The van der Waals surface area contributed by atoms with Crippen molar-refractivity contribution in [2.45, 2.75) is 0 Å². The second kappa shape index (κ2) is 4.27. The normalized spacial score (nSPS) is 10.9. The van der Waals surface area contributed by atoms with Gasteiger partial charge >= 0.3 is 0 Å². The van der Waals surface area contributed by atoms with Gasteiger partial charge in [0.25, 0.3) is 0 Å². The summed E-state index contributed by atoms with van der Waals surface area (Å²) in [6.07, 6.45) is 3.35. The fraction of sp³-hybridized carbons (Fsp3) is 0. The molecule has 0 fully saturated rings. The van der Waals surface area contributed by atoms with Crippen LogP contribution in [-0.4, -0.2) is 9.97 Å². The van der Waals surface area contributed by atoms with Gasteiger partial charge in [0.1, 0.15) is 5.52 Å². The average Bonchev–Trinajstić information content (AvgIpc) is 2.75. The summed E-state index contributed by atoms with van der Waals surface area (Å²) in [5.41, 5.74) is 2.25. The van der Waals surface area contributed by atoms with Gasteiger partial charge < -0.3 is 4.42 Å². The summed E-state index contributed by atoms with van der Waals surface area (Å²) in [5, 5.41) is 0.630. The Morgan fingerprint density at radius 1 is 1.24 bits per heavy atom. The molecule has 5 heteroatoms. The zero-order valence-electron chi connectivity index (χ0n) is 8.52. The molecule has 0 saturated heterocycles. The van der Waals surface area contributed by atoms with Gasteiger partial charge in [0, 0.05) is 15.8 Å². The number of halogens is 2. The van der Waals surface area contributed by atoms with Gasteiger partial charge in [-0.2, -0.15) is 0 Å². The molecule has 0 aliphatic rings. The van der Waals surface area contributed by atoms with E-state index < -0.39 is 0 Å². The maximum atomic E-state index is 6.14. The Balaban J connectivity index is 2.23. The molecule has 0 saturated carbocycles. The predicted octanol–water partition coefficient (Wildman–Crippen LogP) is 4.15. The van der Waals surface area contributed by atoms with Crippen molar-refractivity contribution < 1.29 is 4.42 Å². The Hall–Kier alpha value is -1.14. The van der Waals surface area contributed by atoms with Crippen molar-refractivity contribution in [3.05, 3.63) is 45.3 Å². The van der Waals surface area contributed by atoms with Crippen molar-refractivity contribution in [3.63, 3.8) is 0 Å². The monoisotopic (exact) mass is 356 g/mol. The minimum Gasteiger partial charge on any atom is -0.436 e. The van der Waals surface area contributed by atoms with Crippen LogP contribution in [0.15, 0.2) is 41.1 Å². The highest BCUT2D eigenvalue weighted by atomic mass is 127. The standard InChI is InChI=1S/C12H6ClIN2O/c13-9-2-1-7(14)5-8(9)12-16-10-6-15-4-3-11(10)17-12/h1-6H. The van der Waals surface area contributed by atoms with Gasteiger partial charge in [-0.25, -0.2) is 4.98 Å². The quantitative estimate of drug-likeness (QED) is 0.615. The number of nitrogens with zero attached hydrogens (tertiary/aromatic N) is 2. The van der Waals surface area contributed by atoms with E-state index in [9.17, 15) is 0 Å². The zero-order valence-corrected chi connectivity index (χ0v) is 11.4. The van der Waals surface area contributed by atoms with Crippen LogP contribution in [0.5, 0.6) is 0 Å². The van der Waals surface area contributed by atoms with Gasteiger partial charge in [-0.15, -0.1) is 0 Å². The summed E-state index contributed by atoms with van der Waals surface area (Å²) in [5.74, 6) is 0.525. The Morgan fingerprint density at radius 2 is 2.12 bits per heavy atom. The zero-order chi connectivity index (χ0) is 11.8. The van der Waals surface area contributed by atoms with Crippen LogP contribution in [0, 0.1) is 3.57 Å². The Labute approximate surface area is 116 Å². The van der Waals surface area contributed by atoms with E-state index in [1.54, 1.807) is 18.5 Å². The molecule has 0 bridgehead atoms. The summed E-state index contributed by atoms with van der Waals surface area (Å²) in [7, 11) is 0. The summed E-state index contributed by atoms with van der Waals surface area (Å²) in [6.45, 7) is 0. The van der Waals surface area contributed by atoms with E-state index in [4.69, 9.17) is 16.0 Å². The summed E-state index contributed by atoms with van der Waals surface area (Å²) >= 11 is 8.37. The SMILES string of the molecule is Clc1ccc(I)cc1-c1nc2cnccc2o1. The largest absolute Gasteiger partial charge is 0.436 e. The molecule has 0 unspecified atom stereocenters. The van der Waals surface area contributed by atoms with E-state index in [-0.39, 0.29) is 0 Å². The van der Waals surface area contributed by atoms with Crippen molar-refractivity contribution >= 4 is 45.3 Å². The third kappa shape index (κ3) is 2.02. The number of benzene rings is 1. The first kappa shape index (κ1) is 11.0. The van der Waals surface area contributed by atoms with Crippen LogP contribution in [0.2, 0.25) is 5.02 Å². The summed E-state index contributed by atoms with van der Waals surface area (Å²) in [6, 6.07) is 7.51. The lowest BCUT2D eigenvalue weighted by Gasteiger charge is -1.99. The maximum Gasteiger partial charge on any atom is 0.228 e. The van der Waals surface area contributed by atoms with E-state index in [0.717, 1.165) is 14.7 Å². The van der Waals surface area contributed by atoms with Gasteiger partial charge in [-0.05, 0) is 40.8 Å². The smallest absolute Gasteiger partial charge is 0.228 e. The fourth-order valence-electron chi connectivity index (χ4n) is 1.56. The summed E-state index contributed by atoms with van der Waals surface area (Å²) in [4.78, 5) is 8.37. The van der Waals surface area contributed by atoms with Crippen LogP contribution in [0.3, 0.4) is 0 Å². The van der Waals surface area contributed by atoms with Gasteiger partial charge in [0.05, 0.1) is 16.8 Å². The third-order valence-electron chi connectivity index (χ3n) is 2.35. The molecule has 0 atom stereocenters. The third-order valence-corrected chi connectivity index (χ3v) is 3.35. The topological polar surface area (TPSA) is 38.9 Å². The number of hydrogen-bond acceptors (Lipinski definition) is 3. The minimum absolute atomic E-state index is 0.525. The molecule has 17 heavy (non-hydrogen) atoms. The molecule has 3 rings (SSSR count). The summed E-state index contributed by atoms with van der Waals surface area (Å²) < 4.78 is 6.74. The number of fused-ring (bicyclic) bond motifs is 1. The Bertz CT molecular complexity index is 663. The Morgan fingerprint density at radius 3 is 2.94 bits per heavy atom. The van der Waals surface area contributed by atoms with Crippen LogP contribution >= 0.6 is 34.2 Å². The second-order valence-corrected chi connectivity index (χ2v) is 5.14. The molecule has 0 spiro atoms. The lowest BCUT2D eigenvalue weighted by atomic mass is 10.2. The second-order valence-electron chi connectivity index (χ2n) is 3.49. The molecule has 3 nitrogen and oxygen atoms in total. The van der Waals surface area contributed by atoms with E-state index in [1.165, 1.54) is 0 Å². The molecule has 84 valence electrons. The van der Waals surface area contributed by atoms with Crippen LogP contribution in [-0.2, 0) is 0 Å². The first-order chi connectivity index (χ1) is 8.24. The van der Waals surface area contributed by atoms with Gasteiger partial charge in [-0.1, -0.05) is 11.6 Å². The molecule has 0 aliphatic carbocycles. The van der Waals surface area contributed by atoms with Crippen LogP contribution in [0.25, 0.3) is 22.6 Å². The highest BCUT2D eigenvalue weighted by molar-refractivity contribution is 14.1. The lowest BCUT2D eigenvalue weighted by molar-refractivity contribution is 0.619. The van der Waals surface area contributed by atoms with Gasteiger partial charge in [0.15, 0.2) is 5.58 Å². The van der Waals surface area contributed by atoms with Crippen molar-refractivity contribution in [2.75, 3.05) is 0 Å². The van der Waals surface area contributed by atoms with Crippen molar-refractivity contribution in [3.8, 4) is 11.5 Å². The van der Waals surface area contributed by atoms with Crippen LogP contribution in [0.4, 0.5) is 0 Å². The van der Waals surface area contributed by atoms with Crippen molar-refractivity contribution in [2.24, 2.45) is 0 Å². The number of aromatic nitrogens is 2. The van der Waals surface area contributed by atoms with E-state index in [2.05, 4.69) is 32.6 Å². The van der Waals surface area contributed by atoms with Gasteiger partial charge in [-0.3, -0.25) is 4.98 Å². The minimum atomic E-state index is 0.525. The number of rotatable bonds is 1. The molecular weight excluding hydrogens is 351 g/mol. The molecule has 3 aromatic rings. The average molecular weight is 357 g/mol. The molecule has 0 radical (unpaired) electrons. The molecule has 1 aromatic carbocycles. The molecule has 2 aromatic heterocycles.